The van der Waals surface area contributed by atoms with Crippen molar-refractivity contribution in [1.82, 2.24) is 14.5 Å². The number of carbonyl (C=O) groups is 1. The second-order valence-electron chi connectivity index (χ2n) is 4.68. The van der Waals surface area contributed by atoms with Crippen LogP contribution in [0.15, 0.2) is 55.0 Å². The molecule has 2 aromatic heterocycles. The van der Waals surface area contributed by atoms with Crippen LogP contribution < -0.4 is 4.74 Å². The van der Waals surface area contributed by atoms with Gasteiger partial charge in [-0.05, 0) is 18.2 Å². The minimum atomic E-state index is -1.02. The fraction of sp³-hybridized carbons (Fsp3) is 0.0625. The zero-order chi connectivity index (χ0) is 15.5. The van der Waals surface area contributed by atoms with Gasteiger partial charge in [0.05, 0.1) is 5.56 Å². The molecule has 0 spiro atoms. The van der Waals surface area contributed by atoms with Gasteiger partial charge in [0.15, 0.2) is 0 Å². The van der Waals surface area contributed by atoms with Gasteiger partial charge in [-0.2, -0.15) is 0 Å². The summed E-state index contributed by atoms with van der Waals surface area (Å²) in [5, 5.41) is 8.98. The van der Waals surface area contributed by atoms with Crippen LogP contribution in [0.3, 0.4) is 0 Å². The van der Waals surface area contributed by atoms with Gasteiger partial charge >= 0.3 is 5.97 Å². The van der Waals surface area contributed by atoms with Gasteiger partial charge in [0.25, 0.3) is 0 Å². The Labute approximate surface area is 126 Å². The molecule has 1 aromatic carbocycles. The normalized spacial score (nSPS) is 10.4. The average Bonchev–Trinajstić information content (AvgIpc) is 2.94. The van der Waals surface area contributed by atoms with Gasteiger partial charge in [-0.1, -0.05) is 12.1 Å². The Hall–Kier alpha value is -3.15. The van der Waals surface area contributed by atoms with Crippen LogP contribution in [-0.2, 0) is 7.05 Å². The Morgan fingerprint density at radius 3 is 2.77 bits per heavy atom. The van der Waals surface area contributed by atoms with Crippen molar-refractivity contribution in [3.05, 3.63) is 60.6 Å². The van der Waals surface area contributed by atoms with Gasteiger partial charge in [-0.3, -0.25) is 0 Å². The molecule has 0 saturated carbocycles. The molecule has 0 atom stereocenters. The monoisotopic (exact) mass is 295 g/mol. The summed E-state index contributed by atoms with van der Waals surface area (Å²) in [5.41, 5.74) is 1.03. The molecule has 22 heavy (non-hydrogen) atoms. The van der Waals surface area contributed by atoms with E-state index < -0.39 is 5.97 Å². The number of benzene rings is 1. The van der Waals surface area contributed by atoms with E-state index in [0.29, 0.717) is 5.75 Å². The molecule has 0 unspecified atom stereocenters. The first-order valence-corrected chi connectivity index (χ1v) is 6.58. The van der Waals surface area contributed by atoms with Crippen molar-refractivity contribution in [2.45, 2.75) is 0 Å². The largest absolute Gasteiger partial charge is 0.478 e. The van der Waals surface area contributed by atoms with Crippen LogP contribution in [0.4, 0.5) is 0 Å². The molecule has 1 N–H and O–H groups in total. The maximum absolute atomic E-state index is 11.0. The number of carboxylic acids is 1. The van der Waals surface area contributed by atoms with Gasteiger partial charge < -0.3 is 14.4 Å². The van der Waals surface area contributed by atoms with Gasteiger partial charge in [0.1, 0.15) is 11.6 Å². The number of imidazole rings is 1. The summed E-state index contributed by atoms with van der Waals surface area (Å²) < 4.78 is 7.54. The van der Waals surface area contributed by atoms with Crippen molar-refractivity contribution >= 4 is 5.97 Å². The first kappa shape index (κ1) is 13.8. The minimum Gasteiger partial charge on any atom is -0.478 e. The molecular weight excluding hydrogens is 282 g/mol. The van der Waals surface area contributed by atoms with Gasteiger partial charge in [-0.15, -0.1) is 0 Å². The molecule has 2 heterocycles. The van der Waals surface area contributed by atoms with E-state index in [1.165, 1.54) is 18.3 Å². The molecular formula is C16H13N3O3. The van der Waals surface area contributed by atoms with E-state index in [2.05, 4.69) is 9.97 Å². The molecule has 6 heteroatoms. The summed E-state index contributed by atoms with van der Waals surface area (Å²) in [5.74, 6) is 0.596. The van der Waals surface area contributed by atoms with Crippen LogP contribution in [-0.4, -0.2) is 25.6 Å². The van der Waals surface area contributed by atoms with Gasteiger partial charge in [-0.25, -0.2) is 14.8 Å². The lowest BCUT2D eigenvalue weighted by Gasteiger charge is -2.07. The first-order valence-electron chi connectivity index (χ1n) is 6.58. The summed E-state index contributed by atoms with van der Waals surface area (Å²) in [6, 6.07) is 10.2. The molecule has 6 nitrogen and oxygen atoms in total. The maximum Gasteiger partial charge on any atom is 0.335 e. The van der Waals surface area contributed by atoms with Crippen LogP contribution >= 0.6 is 0 Å². The quantitative estimate of drug-likeness (QED) is 0.800. The zero-order valence-electron chi connectivity index (χ0n) is 11.8. The molecule has 0 amide bonds. The molecule has 0 radical (unpaired) electrons. The maximum atomic E-state index is 11.0. The summed E-state index contributed by atoms with van der Waals surface area (Å²) in [6.45, 7) is 0. The molecule has 0 saturated heterocycles. The van der Waals surface area contributed by atoms with E-state index in [9.17, 15) is 4.79 Å². The van der Waals surface area contributed by atoms with Gasteiger partial charge in [0.2, 0.25) is 5.88 Å². The van der Waals surface area contributed by atoms with Crippen LogP contribution in [0.5, 0.6) is 11.6 Å². The fourth-order valence-corrected chi connectivity index (χ4v) is 2.06. The highest BCUT2D eigenvalue weighted by Crippen LogP contribution is 2.25. The number of aromatic carboxylic acids is 1. The van der Waals surface area contributed by atoms with E-state index in [-0.39, 0.29) is 11.4 Å². The third-order valence-electron chi connectivity index (χ3n) is 3.12. The first-order chi connectivity index (χ1) is 10.6. The second-order valence-corrected chi connectivity index (χ2v) is 4.68. The number of rotatable bonds is 4. The predicted octanol–water partition coefficient (Wildman–Crippen LogP) is 2.97. The topological polar surface area (TPSA) is 77.2 Å². The smallest absolute Gasteiger partial charge is 0.335 e. The summed E-state index contributed by atoms with van der Waals surface area (Å²) in [7, 11) is 1.91. The van der Waals surface area contributed by atoms with Crippen LogP contribution in [0.25, 0.3) is 11.4 Å². The summed E-state index contributed by atoms with van der Waals surface area (Å²) in [6.07, 6.45) is 4.99. The minimum absolute atomic E-state index is 0.130. The lowest BCUT2D eigenvalue weighted by Crippen LogP contribution is -1.98. The van der Waals surface area contributed by atoms with E-state index >= 15 is 0 Å². The number of aromatic nitrogens is 3. The lowest BCUT2D eigenvalue weighted by atomic mass is 10.2. The van der Waals surface area contributed by atoms with Crippen LogP contribution in [0, 0.1) is 0 Å². The summed E-state index contributed by atoms with van der Waals surface area (Å²) >= 11 is 0. The SMILES string of the molecule is Cn1ccnc1-c1cccc(Oc2cc(C(=O)O)ccn2)c1. The van der Waals surface area contributed by atoms with Gasteiger partial charge in [0, 0.05) is 37.3 Å². The van der Waals surface area contributed by atoms with Crippen LogP contribution in [0.1, 0.15) is 10.4 Å². The highest BCUT2D eigenvalue weighted by atomic mass is 16.5. The van der Waals surface area contributed by atoms with Crippen molar-refractivity contribution in [3.8, 4) is 23.0 Å². The Morgan fingerprint density at radius 1 is 1.18 bits per heavy atom. The molecule has 3 rings (SSSR count). The third kappa shape index (κ3) is 2.80. The van der Waals surface area contributed by atoms with Crippen molar-refractivity contribution in [2.75, 3.05) is 0 Å². The van der Waals surface area contributed by atoms with E-state index in [1.807, 2.05) is 36.0 Å². The molecule has 0 aliphatic carbocycles. The Morgan fingerprint density at radius 2 is 2.05 bits per heavy atom. The molecule has 0 aliphatic rings. The highest BCUT2D eigenvalue weighted by Gasteiger charge is 2.08. The Balaban J connectivity index is 1.89. The second kappa shape index (κ2) is 5.69. The standard InChI is InChI=1S/C16H13N3O3/c1-19-8-7-18-15(19)11-3-2-4-13(9-11)22-14-10-12(16(20)21)5-6-17-14/h2-10H,1H3,(H,20,21). The number of nitrogens with zero attached hydrogens (tertiary/aromatic N) is 3. The number of pyridine rings is 1. The fourth-order valence-electron chi connectivity index (χ4n) is 2.06. The predicted molar refractivity (Wildman–Crippen MR) is 79.9 cm³/mol. The number of carboxylic acid groups (broad SMARTS) is 1. The van der Waals surface area contributed by atoms with Crippen molar-refractivity contribution < 1.29 is 14.6 Å². The number of hydrogen-bond donors (Lipinski definition) is 1. The molecule has 110 valence electrons. The van der Waals surface area contributed by atoms with Crippen molar-refractivity contribution in [1.29, 1.82) is 0 Å². The van der Waals surface area contributed by atoms with Crippen molar-refractivity contribution in [2.24, 2.45) is 7.05 Å². The van der Waals surface area contributed by atoms with Crippen LogP contribution in [0.2, 0.25) is 0 Å². The van der Waals surface area contributed by atoms with Crippen molar-refractivity contribution in [3.63, 3.8) is 0 Å². The average molecular weight is 295 g/mol. The zero-order valence-corrected chi connectivity index (χ0v) is 11.8. The van der Waals surface area contributed by atoms with E-state index in [4.69, 9.17) is 9.84 Å². The number of aryl methyl sites for hydroxylation is 1. The number of ether oxygens (including phenoxy) is 1. The molecule has 0 fully saturated rings. The lowest BCUT2D eigenvalue weighted by molar-refractivity contribution is 0.0696. The third-order valence-corrected chi connectivity index (χ3v) is 3.12. The highest BCUT2D eigenvalue weighted by molar-refractivity contribution is 5.87. The summed E-state index contributed by atoms with van der Waals surface area (Å²) in [4.78, 5) is 19.3. The van der Waals surface area contributed by atoms with E-state index in [0.717, 1.165) is 11.4 Å². The molecule has 0 aliphatic heterocycles. The number of hydrogen-bond acceptors (Lipinski definition) is 4. The van der Waals surface area contributed by atoms with E-state index in [1.54, 1.807) is 12.3 Å². The molecule has 3 aromatic rings. The Kier molecular flexibility index (Phi) is 3.57. The molecule has 0 bridgehead atoms. The Bertz CT molecular complexity index is 827.